The van der Waals surface area contributed by atoms with E-state index in [2.05, 4.69) is 18.4 Å². The van der Waals surface area contributed by atoms with Gasteiger partial charge in [0, 0.05) is 16.9 Å². The van der Waals surface area contributed by atoms with Crippen molar-refractivity contribution in [2.45, 2.75) is 38.5 Å². The van der Waals surface area contributed by atoms with Gasteiger partial charge in [0.2, 0.25) is 0 Å². The van der Waals surface area contributed by atoms with Gasteiger partial charge >= 0.3 is 0 Å². The van der Waals surface area contributed by atoms with E-state index < -0.39 is 0 Å². The maximum absolute atomic E-state index is 8.98. The zero-order valence-corrected chi connectivity index (χ0v) is 12.5. The molecule has 20 heavy (non-hydrogen) atoms. The first-order chi connectivity index (χ1) is 9.76. The molecule has 3 heteroatoms. The number of benzene rings is 1. The topological polar surface area (TPSA) is 36.7 Å². The molecule has 1 heterocycles. The zero-order valence-electron chi connectivity index (χ0n) is 11.7. The molecular weight excluding hydrogens is 264 g/mol. The lowest BCUT2D eigenvalue weighted by molar-refractivity contribution is 0.343. The van der Waals surface area contributed by atoms with Crippen LogP contribution < -0.4 is 0 Å². The maximum Gasteiger partial charge on any atom is 0.0991 e. The van der Waals surface area contributed by atoms with Crippen LogP contribution in [0.25, 0.3) is 11.3 Å². The van der Waals surface area contributed by atoms with Crippen LogP contribution in [0.2, 0.25) is 0 Å². The summed E-state index contributed by atoms with van der Waals surface area (Å²) in [6.07, 6.45) is 5.23. The molecule has 2 unspecified atom stereocenters. The summed E-state index contributed by atoms with van der Waals surface area (Å²) in [5.74, 6) is 1.46. The Morgan fingerprint density at radius 1 is 1.35 bits per heavy atom. The molecule has 0 spiro atoms. The molecule has 2 atom stereocenters. The highest BCUT2D eigenvalue weighted by Gasteiger charge is 2.23. The highest BCUT2D eigenvalue weighted by molar-refractivity contribution is 7.10. The number of nitrogens with zero attached hydrogens (tertiary/aromatic N) is 2. The fourth-order valence-corrected chi connectivity index (χ4v) is 3.99. The van der Waals surface area contributed by atoms with Gasteiger partial charge in [-0.25, -0.2) is 4.98 Å². The van der Waals surface area contributed by atoms with E-state index in [9.17, 15) is 0 Å². The van der Waals surface area contributed by atoms with Crippen molar-refractivity contribution in [2.75, 3.05) is 0 Å². The molecule has 0 amide bonds. The van der Waals surface area contributed by atoms with Gasteiger partial charge in [0.15, 0.2) is 0 Å². The van der Waals surface area contributed by atoms with Gasteiger partial charge in [-0.05, 0) is 30.9 Å². The summed E-state index contributed by atoms with van der Waals surface area (Å²) in [6.45, 7) is 2.34. The van der Waals surface area contributed by atoms with Gasteiger partial charge in [-0.2, -0.15) is 5.26 Å². The van der Waals surface area contributed by atoms with Crippen LogP contribution in [-0.2, 0) is 0 Å². The normalized spacial score (nSPS) is 22.4. The second kappa shape index (κ2) is 5.76. The van der Waals surface area contributed by atoms with Crippen LogP contribution >= 0.6 is 11.3 Å². The minimum Gasteiger partial charge on any atom is -0.241 e. The lowest BCUT2D eigenvalue weighted by Crippen LogP contribution is -2.11. The average Bonchev–Trinajstić information content (AvgIpc) is 2.97. The minimum absolute atomic E-state index is 0.636. The van der Waals surface area contributed by atoms with Crippen molar-refractivity contribution in [3.05, 3.63) is 40.2 Å². The second-order valence-corrected chi connectivity index (χ2v) is 6.62. The van der Waals surface area contributed by atoms with Crippen LogP contribution in [0, 0.1) is 17.2 Å². The molecule has 3 rings (SSSR count). The monoisotopic (exact) mass is 282 g/mol. The minimum atomic E-state index is 0.636. The van der Waals surface area contributed by atoms with Crippen molar-refractivity contribution in [3.8, 4) is 17.3 Å². The van der Waals surface area contributed by atoms with E-state index in [-0.39, 0.29) is 0 Å². The third kappa shape index (κ3) is 2.76. The number of hydrogen-bond donors (Lipinski definition) is 0. The molecule has 0 N–H and O–H groups in total. The summed E-state index contributed by atoms with van der Waals surface area (Å²) in [7, 11) is 0. The number of aromatic nitrogens is 1. The highest BCUT2D eigenvalue weighted by atomic mass is 32.1. The summed E-state index contributed by atoms with van der Waals surface area (Å²) >= 11 is 1.77. The van der Waals surface area contributed by atoms with Crippen LogP contribution in [0.4, 0.5) is 0 Å². The Hall–Kier alpha value is -1.66. The Balaban J connectivity index is 1.84. The SMILES string of the molecule is CC1CCCC(c2nc(-c3cccc(C#N)c3)cs2)C1. The fraction of sp³-hybridized carbons (Fsp3) is 0.412. The standard InChI is InChI=1S/C17H18N2S/c1-12-4-2-7-15(8-12)17-19-16(11-20-17)14-6-3-5-13(9-14)10-18/h3,5-6,9,11-12,15H,2,4,7-8H2,1H3. The molecule has 1 aliphatic rings. The molecule has 1 aromatic heterocycles. The zero-order chi connectivity index (χ0) is 13.9. The van der Waals surface area contributed by atoms with Gasteiger partial charge in [-0.1, -0.05) is 31.9 Å². The second-order valence-electron chi connectivity index (χ2n) is 5.73. The van der Waals surface area contributed by atoms with E-state index in [1.165, 1.54) is 30.7 Å². The molecule has 1 aromatic carbocycles. The Bertz CT molecular complexity index is 638. The van der Waals surface area contributed by atoms with Crippen LogP contribution in [-0.4, -0.2) is 4.98 Å². The van der Waals surface area contributed by atoms with Crippen molar-refractivity contribution in [1.82, 2.24) is 4.98 Å². The van der Waals surface area contributed by atoms with Crippen molar-refractivity contribution >= 4 is 11.3 Å². The van der Waals surface area contributed by atoms with Crippen LogP contribution in [0.3, 0.4) is 0 Å². The third-order valence-corrected chi connectivity index (χ3v) is 5.10. The highest BCUT2D eigenvalue weighted by Crippen LogP contribution is 2.38. The number of rotatable bonds is 2. The van der Waals surface area contributed by atoms with Crippen LogP contribution in [0.15, 0.2) is 29.6 Å². The summed E-state index contributed by atoms with van der Waals surface area (Å²) < 4.78 is 0. The Labute approximate surface area is 124 Å². The molecule has 1 saturated carbocycles. The first-order valence-electron chi connectivity index (χ1n) is 7.22. The molecule has 102 valence electrons. The molecular formula is C17H18N2S. The van der Waals surface area contributed by atoms with Crippen molar-refractivity contribution in [3.63, 3.8) is 0 Å². The van der Waals surface area contributed by atoms with Crippen molar-refractivity contribution < 1.29 is 0 Å². The molecule has 1 aliphatic carbocycles. The molecule has 0 radical (unpaired) electrons. The van der Waals surface area contributed by atoms with E-state index in [1.807, 2.05) is 24.3 Å². The maximum atomic E-state index is 8.98. The van der Waals surface area contributed by atoms with E-state index in [4.69, 9.17) is 10.2 Å². The lowest BCUT2D eigenvalue weighted by Gasteiger charge is -2.24. The first-order valence-corrected chi connectivity index (χ1v) is 8.10. The summed E-state index contributed by atoms with van der Waals surface area (Å²) in [5.41, 5.74) is 2.76. The predicted octanol–water partition coefficient (Wildman–Crippen LogP) is 4.98. The number of hydrogen-bond acceptors (Lipinski definition) is 3. The predicted molar refractivity (Wildman–Crippen MR) is 82.6 cm³/mol. The summed E-state index contributed by atoms with van der Waals surface area (Å²) in [6, 6.07) is 9.90. The largest absolute Gasteiger partial charge is 0.241 e. The number of thiazole rings is 1. The Kier molecular flexibility index (Phi) is 3.84. The van der Waals surface area contributed by atoms with Gasteiger partial charge in [-0.3, -0.25) is 0 Å². The van der Waals surface area contributed by atoms with E-state index in [0.717, 1.165) is 17.2 Å². The van der Waals surface area contributed by atoms with Crippen molar-refractivity contribution in [1.29, 1.82) is 5.26 Å². The van der Waals surface area contributed by atoms with Gasteiger partial charge < -0.3 is 0 Å². The van der Waals surface area contributed by atoms with Crippen molar-refractivity contribution in [2.24, 2.45) is 5.92 Å². The molecule has 0 saturated heterocycles. The molecule has 2 nitrogen and oxygen atoms in total. The Morgan fingerprint density at radius 3 is 3.05 bits per heavy atom. The lowest BCUT2D eigenvalue weighted by atomic mass is 9.83. The molecule has 0 aliphatic heterocycles. The van der Waals surface area contributed by atoms with Crippen LogP contribution in [0.5, 0.6) is 0 Å². The van der Waals surface area contributed by atoms with E-state index in [1.54, 1.807) is 11.3 Å². The molecule has 1 fully saturated rings. The quantitative estimate of drug-likeness (QED) is 0.779. The molecule has 2 aromatic rings. The average molecular weight is 282 g/mol. The van der Waals surface area contributed by atoms with Crippen LogP contribution in [0.1, 0.15) is 49.1 Å². The van der Waals surface area contributed by atoms with Gasteiger partial charge in [0.1, 0.15) is 0 Å². The first kappa shape index (κ1) is 13.3. The van der Waals surface area contributed by atoms with Gasteiger partial charge in [0.25, 0.3) is 0 Å². The summed E-state index contributed by atoms with van der Waals surface area (Å²) in [5, 5.41) is 12.4. The fourth-order valence-electron chi connectivity index (χ4n) is 3.01. The summed E-state index contributed by atoms with van der Waals surface area (Å²) in [4.78, 5) is 4.82. The molecule has 0 bridgehead atoms. The third-order valence-electron chi connectivity index (χ3n) is 4.10. The smallest absolute Gasteiger partial charge is 0.0991 e. The van der Waals surface area contributed by atoms with E-state index in [0.29, 0.717) is 11.5 Å². The van der Waals surface area contributed by atoms with Gasteiger partial charge in [-0.15, -0.1) is 11.3 Å². The van der Waals surface area contributed by atoms with E-state index >= 15 is 0 Å². The Morgan fingerprint density at radius 2 is 2.25 bits per heavy atom. The van der Waals surface area contributed by atoms with Gasteiger partial charge in [0.05, 0.1) is 22.3 Å². The number of nitriles is 1.